The lowest BCUT2D eigenvalue weighted by Crippen LogP contribution is -2.07. The number of nitrogens with zero attached hydrogens (tertiary/aromatic N) is 2. The van der Waals surface area contributed by atoms with Crippen LogP contribution >= 0.6 is 0 Å². The summed E-state index contributed by atoms with van der Waals surface area (Å²) in [4.78, 5) is 0. The quantitative estimate of drug-likeness (QED) is 0.883. The smallest absolute Gasteiger partial charge is 0.217 e. The van der Waals surface area contributed by atoms with Crippen LogP contribution in [0, 0.1) is 6.92 Å². The van der Waals surface area contributed by atoms with Crippen molar-refractivity contribution in [2.24, 2.45) is 12.8 Å². The van der Waals surface area contributed by atoms with Crippen molar-refractivity contribution in [2.75, 3.05) is 0 Å². The third kappa shape index (κ3) is 2.47. The van der Waals surface area contributed by atoms with Gasteiger partial charge in [-0.15, -0.1) is 0 Å². The molecular formula is C13H17N3O. The first-order valence-electron chi connectivity index (χ1n) is 5.61. The summed E-state index contributed by atoms with van der Waals surface area (Å²) in [6.07, 6.45) is 0. The first kappa shape index (κ1) is 11.7. The molecule has 4 nitrogen and oxygen atoms in total. The van der Waals surface area contributed by atoms with E-state index in [9.17, 15) is 0 Å². The fourth-order valence-electron chi connectivity index (χ4n) is 1.74. The molecule has 0 amide bonds. The highest BCUT2D eigenvalue weighted by Gasteiger charge is 2.10. The van der Waals surface area contributed by atoms with Gasteiger partial charge in [0.15, 0.2) is 0 Å². The Bertz CT molecular complexity index is 517. The van der Waals surface area contributed by atoms with Crippen molar-refractivity contribution in [2.45, 2.75) is 19.9 Å². The SMILES string of the molecule is Cc1cc(Oc2ccccc2C(C)N)n(C)n1. The second kappa shape index (κ2) is 4.59. The van der Waals surface area contributed by atoms with Gasteiger partial charge in [0.2, 0.25) is 5.88 Å². The largest absolute Gasteiger partial charge is 0.439 e. The van der Waals surface area contributed by atoms with Gasteiger partial charge in [-0.3, -0.25) is 0 Å². The summed E-state index contributed by atoms with van der Waals surface area (Å²) >= 11 is 0. The first-order chi connectivity index (χ1) is 8.08. The maximum atomic E-state index is 5.91. The number of aromatic nitrogens is 2. The lowest BCUT2D eigenvalue weighted by molar-refractivity contribution is 0.423. The Morgan fingerprint density at radius 3 is 2.65 bits per heavy atom. The van der Waals surface area contributed by atoms with Gasteiger partial charge in [-0.05, 0) is 19.9 Å². The highest BCUT2D eigenvalue weighted by atomic mass is 16.5. The molecule has 1 aromatic carbocycles. The average molecular weight is 231 g/mol. The Labute approximate surface area is 101 Å². The number of hydrogen-bond donors (Lipinski definition) is 1. The van der Waals surface area contributed by atoms with Crippen LogP contribution in [0.5, 0.6) is 11.6 Å². The molecule has 0 spiro atoms. The van der Waals surface area contributed by atoms with Crippen molar-refractivity contribution < 1.29 is 4.74 Å². The maximum Gasteiger partial charge on any atom is 0.217 e. The number of aryl methyl sites for hydroxylation is 2. The fourth-order valence-corrected chi connectivity index (χ4v) is 1.74. The minimum absolute atomic E-state index is 0.0551. The van der Waals surface area contributed by atoms with Crippen LogP contribution in [0.1, 0.15) is 24.2 Å². The highest BCUT2D eigenvalue weighted by molar-refractivity contribution is 5.38. The van der Waals surface area contributed by atoms with Gasteiger partial charge in [-0.25, -0.2) is 4.68 Å². The molecular weight excluding hydrogens is 214 g/mol. The van der Waals surface area contributed by atoms with Crippen LogP contribution in [0.15, 0.2) is 30.3 Å². The molecule has 4 heteroatoms. The molecule has 0 aliphatic carbocycles. The summed E-state index contributed by atoms with van der Waals surface area (Å²) < 4.78 is 7.56. The summed E-state index contributed by atoms with van der Waals surface area (Å²) in [6.45, 7) is 3.88. The van der Waals surface area contributed by atoms with Gasteiger partial charge in [0, 0.05) is 24.7 Å². The van der Waals surface area contributed by atoms with E-state index in [0.29, 0.717) is 0 Å². The second-order valence-electron chi connectivity index (χ2n) is 4.18. The lowest BCUT2D eigenvalue weighted by Gasteiger charge is -2.13. The number of benzene rings is 1. The van der Waals surface area contributed by atoms with E-state index in [-0.39, 0.29) is 6.04 Å². The van der Waals surface area contributed by atoms with E-state index in [4.69, 9.17) is 10.5 Å². The van der Waals surface area contributed by atoms with Crippen LogP contribution in [-0.4, -0.2) is 9.78 Å². The van der Waals surface area contributed by atoms with E-state index in [1.165, 1.54) is 0 Å². The van der Waals surface area contributed by atoms with Crippen LogP contribution in [0.2, 0.25) is 0 Å². The molecule has 2 aromatic rings. The van der Waals surface area contributed by atoms with Crippen LogP contribution in [0.25, 0.3) is 0 Å². The van der Waals surface area contributed by atoms with Crippen molar-refractivity contribution in [3.8, 4) is 11.6 Å². The number of rotatable bonds is 3. The maximum absolute atomic E-state index is 5.91. The Hall–Kier alpha value is -1.81. The summed E-state index contributed by atoms with van der Waals surface area (Å²) in [5.41, 5.74) is 7.83. The molecule has 1 unspecified atom stereocenters. The molecule has 0 saturated carbocycles. The molecule has 2 rings (SSSR count). The fraction of sp³-hybridized carbons (Fsp3) is 0.308. The topological polar surface area (TPSA) is 53.1 Å². The summed E-state index contributed by atoms with van der Waals surface area (Å²) in [7, 11) is 1.86. The monoisotopic (exact) mass is 231 g/mol. The van der Waals surface area contributed by atoms with Crippen molar-refractivity contribution in [1.82, 2.24) is 9.78 Å². The Balaban J connectivity index is 2.33. The predicted octanol–water partition coefficient (Wildman–Crippen LogP) is 2.54. The zero-order valence-corrected chi connectivity index (χ0v) is 10.3. The molecule has 2 N–H and O–H groups in total. The van der Waals surface area contributed by atoms with Crippen LogP contribution in [0.3, 0.4) is 0 Å². The van der Waals surface area contributed by atoms with E-state index < -0.39 is 0 Å². The Morgan fingerprint density at radius 2 is 2.06 bits per heavy atom. The van der Waals surface area contributed by atoms with Crippen LogP contribution < -0.4 is 10.5 Å². The van der Waals surface area contributed by atoms with E-state index in [1.807, 2.05) is 51.2 Å². The molecule has 0 aliphatic heterocycles. The molecule has 0 saturated heterocycles. The normalized spacial score (nSPS) is 12.5. The molecule has 0 radical (unpaired) electrons. The highest BCUT2D eigenvalue weighted by Crippen LogP contribution is 2.28. The van der Waals surface area contributed by atoms with Gasteiger partial charge in [-0.2, -0.15) is 5.10 Å². The van der Waals surface area contributed by atoms with Gasteiger partial charge < -0.3 is 10.5 Å². The second-order valence-corrected chi connectivity index (χ2v) is 4.18. The van der Waals surface area contributed by atoms with Crippen molar-refractivity contribution >= 4 is 0 Å². The van der Waals surface area contributed by atoms with Crippen LogP contribution in [-0.2, 0) is 7.05 Å². The molecule has 17 heavy (non-hydrogen) atoms. The minimum Gasteiger partial charge on any atom is -0.439 e. The van der Waals surface area contributed by atoms with Crippen LogP contribution in [0.4, 0.5) is 0 Å². The van der Waals surface area contributed by atoms with E-state index in [2.05, 4.69) is 5.10 Å². The zero-order chi connectivity index (χ0) is 12.4. The zero-order valence-electron chi connectivity index (χ0n) is 10.3. The minimum atomic E-state index is -0.0551. The standard InChI is InChI=1S/C13H17N3O/c1-9-8-13(16(3)15-9)17-12-7-5-4-6-11(12)10(2)14/h4-8,10H,14H2,1-3H3. The molecule has 0 bridgehead atoms. The van der Waals surface area contributed by atoms with Gasteiger partial charge in [0.1, 0.15) is 5.75 Å². The van der Waals surface area contributed by atoms with Gasteiger partial charge >= 0.3 is 0 Å². The van der Waals surface area contributed by atoms with Gasteiger partial charge in [0.05, 0.1) is 5.69 Å². The Morgan fingerprint density at radius 1 is 1.35 bits per heavy atom. The third-order valence-corrected chi connectivity index (χ3v) is 2.58. The molecule has 1 aromatic heterocycles. The first-order valence-corrected chi connectivity index (χ1v) is 5.61. The number of nitrogens with two attached hydrogens (primary N) is 1. The Kier molecular flexibility index (Phi) is 3.15. The average Bonchev–Trinajstić information content (AvgIpc) is 2.58. The van der Waals surface area contributed by atoms with E-state index >= 15 is 0 Å². The molecule has 90 valence electrons. The molecule has 1 atom stereocenters. The number of ether oxygens (including phenoxy) is 1. The van der Waals surface area contributed by atoms with E-state index in [1.54, 1.807) is 4.68 Å². The van der Waals surface area contributed by atoms with Gasteiger partial charge in [-0.1, -0.05) is 18.2 Å². The molecule has 1 heterocycles. The van der Waals surface area contributed by atoms with Crippen molar-refractivity contribution in [3.05, 3.63) is 41.6 Å². The summed E-state index contributed by atoms with van der Waals surface area (Å²) in [5.74, 6) is 1.50. The van der Waals surface area contributed by atoms with Crippen molar-refractivity contribution in [1.29, 1.82) is 0 Å². The summed E-state index contributed by atoms with van der Waals surface area (Å²) in [5, 5.41) is 4.24. The number of para-hydroxylation sites is 1. The van der Waals surface area contributed by atoms with Crippen molar-refractivity contribution in [3.63, 3.8) is 0 Å². The van der Waals surface area contributed by atoms with E-state index in [0.717, 1.165) is 22.9 Å². The number of hydrogen-bond acceptors (Lipinski definition) is 3. The molecule has 0 aliphatic rings. The van der Waals surface area contributed by atoms with Gasteiger partial charge in [0.25, 0.3) is 0 Å². The lowest BCUT2D eigenvalue weighted by atomic mass is 10.1. The molecule has 0 fully saturated rings. The predicted molar refractivity (Wildman–Crippen MR) is 67.1 cm³/mol. The third-order valence-electron chi connectivity index (χ3n) is 2.58. The summed E-state index contributed by atoms with van der Waals surface area (Å²) in [6, 6.07) is 9.63.